The number of halogens is 1. The van der Waals surface area contributed by atoms with Crippen LogP contribution in [-0.4, -0.2) is 51.7 Å². The van der Waals surface area contributed by atoms with Gasteiger partial charge in [-0.25, -0.2) is 9.37 Å². The molecule has 44 heavy (non-hydrogen) atoms. The zero-order valence-electron chi connectivity index (χ0n) is 25.6. The van der Waals surface area contributed by atoms with E-state index in [0.717, 1.165) is 58.5 Å². The second-order valence-electron chi connectivity index (χ2n) is 13.0. The number of methoxy groups -OCH3 is 2. The molecule has 3 aromatic carbocycles. The van der Waals surface area contributed by atoms with Crippen LogP contribution >= 0.6 is 0 Å². The summed E-state index contributed by atoms with van der Waals surface area (Å²) in [7, 11) is 5.20. The number of amides is 1. The van der Waals surface area contributed by atoms with Crippen molar-refractivity contribution >= 4 is 27.8 Å². The van der Waals surface area contributed by atoms with Crippen molar-refractivity contribution < 1.29 is 18.7 Å². The molecule has 8 rings (SSSR count). The van der Waals surface area contributed by atoms with Crippen molar-refractivity contribution in [2.75, 3.05) is 20.8 Å². The van der Waals surface area contributed by atoms with Gasteiger partial charge in [-0.05, 0) is 85.4 Å². The lowest BCUT2D eigenvalue weighted by atomic mass is 10.0. The highest BCUT2D eigenvalue weighted by Gasteiger charge is 2.46. The number of rotatable bonds is 7. The van der Waals surface area contributed by atoms with Gasteiger partial charge < -0.3 is 23.5 Å². The van der Waals surface area contributed by atoms with Crippen molar-refractivity contribution in [3.8, 4) is 34.1 Å². The molecular formula is C36H37FN4O3. The third-order valence-corrected chi connectivity index (χ3v) is 10.4. The largest absolute Gasteiger partial charge is 0.497 e. The number of ether oxygens (including phenoxy) is 2. The van der Waals surface area contributed by atoms with Gasteiger partial charge >= 0.3 is 0 Å². The smallest absolute Gasteiger partial charge is 0.254 e. The first-order chi connectivity index (χ1) is 21.3. The van der Waals surface area contributed by atoms with Crippen molar-refractivity contribution in [3.05, 3.63) is 66.0 Å². The summed E-state index contributed by atoms with van der Waals surface area (Å²) in [6.45, 7) is 3.98. The molecule has 3 heterocycles. The van der Waals surface area contributed by atoms with E-state index in [-0.39, 0.29) is 11.7 Å². The molecule has 0 spiro atoms. The minimum absolute atomic E-state index is 0.0672. The van der Waals surface area contributed by atoms with E-state index in [9.17, 15) is 4.79 Å². The van der Waals surface area contributed by atoms with Crippen LogP contribution in [0.1, 0.15) is 43.0 Å². The molecule has 226 valence electrons. The topological polar surface area (TPSA) is 61.5 Å². The maximum absolute atomic E-state index is 15.1. The van der Waals surface area contributed by atoms with Crippen molar-refractivity contribution in [1.29, 1.82) is 0 Å². The molecule has 1 aliphatic heterocycles. The number of aromatic nitrogens is 3. The second-order valence-corrected chi connectivity index (χ2v) is 13.0. The number of hydrogen-bond acceptors (Lipinski definition) is 4. The molecule has 3 atom stereocenters. The molecule has 7 nitrogen and oxygen atoms in total. The van der Waals surface area contributed by atoms with Crippen molar-refractivity contribution in [1.82, 2.24) is 19.0 Å². The molecule has 0 radical (unpaired) electrons. The number of nitrogens with zero attached hydrogens (tertiary/aromatic N) is 4. The Bertz CT molecular complexity index is 1950. The zero-order chi connectivity index (χ0) is 30.3. The van der Waals surface area contributed by atoms with Gasteiger partial charge in [0.25, 0.3) is 5.91 Å². The predicted molar refractivity (Wildman–Crippen MR) is 170 cm³/mol. The monoisotopic (exact) mass is 592 g/mol. The van der Waals surface area contributed by atoms with Crippen LogP contribution in [0, 0.1) is 23.6 Å². The number of carbonyl (C=O) groups is 1. The number of aryl methyl sites for hydroxylation is 1. The quantitative estimate of drug-likeness (QED) is 0.199. The van der Waals surface area contributed by atoms with E-state index in [1.165, 1.54) is 25.3 Å². The Morgan fingerprint density at radius 1 is 1.00 bits per heavy atom. The van der Waals surface area contributed by atoms with Crippen LogP contribution in [0.4, 0.5) is 4.39 Å². The summed E-state index contributed by atoms with van der Waals surface area (Å²) in [6, 6.07) is 17.4. The molecule has 2 aliphatic carbocycles. The van der Waals surface area contributed by atoms with E-state index in [2.05, 4.69) is 39.2 Å². The summed E-state index contributed by atoms with van der Waals surface area (Å²) in [5.74, 6) is 3.48. The molecule has 3 fully saturated rings. The first kappa shape index (κ1) is 27.2. The van der Waals surface area contributed by atoms with E-state index >= 15 is 4.39 Å². The fourth-order valence-electron chi connectivity index (χ4n) is 7.75. The first-order valence-corrected chi connectivity index (χ1v) is 15.7. The number of likely N-dealkylation sites (tertiary alicyclic amines) is 1. The standard InChI is InChI=1S/C36H37FN4O3/c1-20-24-9-12-30(20)41(19-24)36(42)25-13-29-34(33(16-25)44-4)39(2)35(38-29)32-15-23-8-7-22(14-31(23)40(32)18-21-5-6-21)27-11-10-26(43-3)17-28(27)37/h7-8,10-11,13-17,20-21,24,30H,5-6,9,12,18-19H2,1-4H3/t20-,24?,30?/m1/s1. The molecule has 2 saturated carbocycles. The summed E-state index contributed by atoms with van der Waals surface area (Å²) in [4.78, 5) is 21.0. The Morgan fingerprint density at radius 3 is 2.52 bits per heavy atom. The molecule has 2 unspecified atom stereocenters. The maximum Gasteiger partial charge on any atom is 0.254 e. The Morgan fingerprint density at radius 2 is 1.84 bits per heavy atom. The Labute approximate surface area is 256 Å². The average Bonchev–Trinajstić information content (AvgIpc) is 3.44. The SMILES string of the molecule is COc1ccc(-c2ccc3cc(-c4nc5cc(C(=O)N6CC7CCC6[C@@H]7C)cc(OC)c5n4C)n(CC4CC4)c3c2)c(F)c1. The Hall–Kier alpha value is -4.33. The summed E-state index contributed by atoms with van der Waals surface area (Å²) >= 11 is 0. The van der Waals surface area contributed by atoms with Crippen LogP contribution in [0.2, 0.25) is 0 Å². The lowest BCUT2D eigenvalue weighted by molar-refractivity contribution is 0.0696. The van der Waals surface area contributed by atoms with Crippen molar-refractivity contribution in [2.24, 2.45) is 24.8 Å². The number of imidazole rings is 1. The molecule has 1 saturated heterocycles. The van der Waals surface area contributed by atoms with Crippen LogP contribution in [-0.2, 0) is 13.6 Å². The molecule has 5 aromatic rings. The number of carbonyl (C=O) groups excluding carboxylic acids is 1. The minimum Gasteiger partial charge on any atom is -0.497 e. The van der Waals surface area contributed by atoms with E-state index in [4.69, 9.17) is 14.5 Å². The summed E-state index contributed by atoms with van der Waals surface area (Å²) in [5, 5.41) is 1.08. The average molecular weight is 593 g/mol. The molecule has 1 amide bonds. The summed E-state index contributed by atoms with van der Waals surface area (Å²) < 4.78 is 30.6. The highest BCUT2D eigenvalue weighted by molar-refractivity contribution is 6.00. The third-order valence-electron chi connectivity index (χ3n) is 10.4. The van der Waals surface area contributed by atoms with Crippen LogP contribution in [0.5, 0.6) is 11.5 Å². The van der Waals surface area contributed by atoms with Gasteiger partial charge in [0.15, 0.2) is 5.82 Å². The normalized spacial score (nSPS) is 21.1. The minimum atomic E-state index is -0.312. The van der Waals surface area contributed by atoms with Gasteiger partial charge in [-0.3, -0.25) is 4.79 Å². The van der Waals surface area contributed by atoms with Gasteiger partial charge in [-0.1, -0.05) is 19.1 Å². The van der Waals surface area contributed by atoms with Gasteiger partial charge in [0.05, 0.1) is 25.4 Å². The van der Waals surface area contributed by atoms with Crippen LogP contribution in [0.3, 0.4) is 0 Å². The number of fused-ring (bicyclic) bond motifs is 4. The van der Waals surface area contributed by atoms with E-state index in [1.807, 2.05) is 25.2 Å². The lowest BCUT2D eigenvalue weighted by Gasteiger charge is -2.27. The Kier molecular flexibility index (Phi) is 6.26. The molecule has 2 bridgehead atoms. The van der Waals surface area contributed by atoms with Gasteiger partial charge in [-0.15, -0.1) is 0 Å². The van der Waals surface area contributed by atoms with Gasteiger partial charge in [0, 0.05) is 54.3 Å². The highest BCUT2D eigenvalue weighted by Crippen LogP contribution is 2.44. The third kappa shape index (κ3) is 4.21. The highest BCUT2D eigenvalue weighted by atomic mass is 19.1. The lowest BCUT2D eigenvalue weighted by Crippen LogP contribution is -2.38. The summed E-state index contributed by atoms with van der Waals surface area (Å²) in [6.07, 6.45) is 4.70. The molecular weight excluding hydrogens is 555 g/mol. The summed E-state index contributed by atoms with van der Waals surface area (Å²) in [5.41, 5.74) is 5.64. The first-order valence-electron chi connectivity index (χ1n) is 15.7. The van der Waals surface area contributed by atoms with Crippen molar-refractivity contribution in [3.63, 3.8) is 0 Å². The molecule has 8 heteroatoms. The fraction of sp³-hybridized carbons (Fsp3) is 0.389. The van der Waals surface area contributed by atoms with Crippen LogP contribution in [0.15, 0.2) is 54.6 Å². The molecule has 0 N–H and O–H groups in total. The van der Waals surface area contributed by atoms with E-state index in [1.54, 1.807) is 26.4 Å². The van der Waals surface area contributed by atoms with Crippen LogP contribution in [0.25, 0.3) is 44.6 Å². The number of piperidine rings is 1. The fourth-order valence-corrected chi connectivity index (χ4v) is 7.75. The second kappa shape index (κ2) is 10.1. The van der Waals surface area contributed by atoms with Crippen molar-refractivity contribution in [2.45, 2.75) is 45.2 Å². The van der Waals surface area contributed by atoms with Crippen LogP contribution < -0.4 is 9.47 Å². The molecule has 3 aliphatic rings. The van der Waals surface area contributed by atoms with E-state index in [0.29, 0.717) is 46.4 Å². The predicted octanol–water partition coefficient (Wildman–Crippen LogP) is 7.30. The van der Waals surface area contributed by atoms with E-state index < -0.39 is 0 Å². The number of hydrogen-bond donors (Lipinski definition) is 0. The number of benzene rings is 3. The maximum atomic E-state index is 15.1. The Balaban J connectivity index is 1.24. The zero-order valence-corrected chi connectivity index (χ0v) is 25.6. The molecule has 2 aromatic heterocycles. The van der Waals surface area contributed by atoms with Gasteiger partial charge in [0.1, 0.15) is 22.8 Å². The van der Waals surface area contributed by atoms with Gasteiger partial charge in [0.2, 0.25) is 0 Å². The van der Waals surface area contributed by atoms with Gasteiger partial charge in [-0.2, -0.15) is 0 Å².